The molecule has 0 aromatic heterocycles. The first kappa shape index (κ1) is 14.7. The Labute approximate surface area is 96.6 Å². The van der Waals surface area contributed by atoms with E-state index in [-0.39, 0.29) is 0 Å². The monoisotopic (exact) mass is 211 g/mol. The summed E-state index contributed by atoms with van der Waals surface area (Å²) in [6, 6.07) is 0.644. The third-order valence-electron chi connectivity index (χ3n) is 3.05. The summed E-state index contributed by atoms with van der Waals surface area (Å²) in [6.07, 6.45) is 3.26. The van der Waals surface area contributed by atoms with Gasteiger partial charge in [-0.15, -0.1) is 6.58 Å². The van der Waals surface area contributed by atoms with Crippen LogP contribution in [0.25, 0.3) is 0 Å². The summed E-state index contributed by atoms with van der Waals surface area (Å²) in [5.41, 5.74) is 0.427. The van der Waals surface area contributed by atoms with Crippen LogP contribution in [-0.2, 0) is 0 Å². The maximum absolute atomic E-state index is 3.84. The molecule has 0 amide bonds. The van der Waals surface area contributed by atoms with Crippen molar-refractivity contribution in [2.24, 2.45) is 11.3 Å². The second-order valence-corrected chi connectivity index (χ2v) is 6.08. The van der Waals surface area contributed by atoms with Crippen LogP contribution in [0.4, 0.5) is 0 Å². The van der Waals surface area contributed by atoms with E-state index in [9.17, 15) is 0 Å². The van der Waals surface area contributed by atoms with E-state index in [0.29, 0.717) is 17.4 Å². The van der Waals surface area contributed by atoms with Crippen LogP contribution >= 0.6 is 0 Å². The van der Waals surface area contributed by atoms with Gasteiger partial charge in [0.2, 0.25) is 0 Å². The lowest BCUT2D eigenvalue weighted by Crippen LogP contribution is -2.38. The fraction of sp³-hybridized carbons (Fsp3) is 0.857. The zero-order chi connectivity index (χ0) is 12.1. The second-order valence-electron chi connectivity index (χ2n) is 6.08. The lowest BCUT2D eigenvalue weighted by atomic mass is 9.91. The number of hydrogen-bond acceptors (Lipinski definition) is 1. The first-order chi connectivity index (χ1) is 6.78. The van der Waals surface area contributed by atoms with Crippen molar-refractivity contribution in [2.75, 3.05) is 13.1 Å². The lowest BCUT2D eigenvalue weighted by Gasteiger charge is -2.33. The summed E-state index contributed by atoms with van der Waals surface area (Å²) < 4.78 is 0. The van der Waals surface area contributed by atoms with Crippen molar-refractivity contribution >= 4 is 0 Å². The second kappa shape index (κ2) is 6.32. The van der Waals surface area contributed by atoms with Crippen LogP contribution in [0.15, 0.2) is 12.7 Å². The van der Waals surface area contributed by atoms with E-state index < -0.39 is 0 Å². The molecule has 1 nitrogen and oxygen atoms in total. The maximum Gasteiger partial charge on any atom is 0.0163 e. The highest BCUT2D eigenvalue weighted by Gasteiger charge is 2.18. The maximum atomic E-state index is 3.84. The van der Waals surface area contributed by atoms with Gasteiger partial charge in [-0.3, -0.25) is 4.90 Å². The summed E-state index contributed by atoms with van der Waals surface area (Å²) in [4.78, 5) is 2.53. The Morgan fingerprint density at radius 1 is 1.20 bits per heavy atom. The van der Waals surface area contributed by atoms with E-state index in [4.69, 9.17) is 0 Å². The molecule has 0 bridgehead atoms. The average molecular weight is 211 g/mol. The summed E-state index contributed by atoms with van der Waals surface area (Å²) in [5.74, 6) is 0.713. The van der Waals surface area contributed by atoms with Crippen LogP contribution in [0.5, 0.6) is 0 Å². The summed E-state index contributed by atoms with van der Waals surface area (Å²) in [7, 11) is 0. The molecule has 1 unspecified atom stereocenters. The van der Waals surface area contributed by atoms with Crippen molar-refractivity contribution < 1.29 is 0 Å². The van der Waals surface area contributed by atoms with Gasteiger partial charge in [0, 0.05) is 12.6 Å². The molecule has 0 aliphatic carbocycles. The van der Waals surface area contributed by atoms with Gasteiger partial charge in [-0.25, -0.2) is 0 Å². The Morgan fingerprint density at radius 3 is 2.07 bits per heavy atom. The molecule has 0 rings (SSSR count). The zero-order valence-corrected chi connectivity index (χ0v) is 11.5. The molecular formula is C14H29N. The molecule has 0 radical (unpaired) electrons. The van der Waals surface area contributed by atoms with Crippen molar-refractivity contribution in [1.29, 1.82) is 0 Å². The minimum absolute atomic E-state index is 0.427. The molecule has 0 aromatic rings. The van der Waals surface area contributed by atoms with Gasteiger partial charge >= 0.3 is 0 Å². The van der Waals surface area contributed by atoms with Gasteiger partial charge in [-0.05, 0) is 31.2 Å². The lowest BCUT2D eigenvalue weighted by molar-refractivity contribution is 0.163. The van der Waals surface area contributed by atoms with Crippen LogP contribution < -0.4 is 0 Å². The highest BCUT2D eigenvalue weighted by Crippen LogP contribution is 2.20. The molecule has 0 aromatic carbocycles. The van der Waals surface area contributed by atoms with Gasteiger partial charge in [-0.1, -0.05) is 40.7 Å². The molecule has 0 spiro atoms. The topological polar surface area (TPSA) is 3.24 Å². The third kappa shape index (κ3) is 6.72. The van der Waals surface area contributed by atoms with Crippen LogP contribution in [0.2, 0.25) is 0 Å². The molecule has 90 valence electrons. The molecule has 1 atom stereocenters. The Bertz CT molecular complexity index is 176. The molecule has 0 saturated carbocycles. The highest BCUT2D eigenvalue weighted by molar-refractivity contribution is 4.80. The predicted molar refractivity (Wildman–Crippen MR) is 70.1 cm³/mol. The van der Waals surface area contributed by atoms with E-state index in [1.54, 1.807) is 0 Å². The fourth-order valence-corrected chi connectivity index (χ4v) is 1.53. The van der Waals surface area contributed by atoms with Crippen LogP contribution in [0.1, 0.15) is 48.0 Å². The molecule has 15 heavy (non-hydrogen) atoms. The summed E-state index contributed by atoms with van der Waals surface area (Å²) in [5, 5.41) is 0. The largest absolute Gasteiger partial charge is 0.297 e. The zero-order valence-electron chi connectivity index (χ0n) is 11.5. The Hall–Kier alpha value is -0.300. The molecule has 0 saturated heterocycles. The van der Waals surface area contributed by atoms with Gasteiger partial charge < -0.3 is 0 Å². The van der Waals surface area contributed by atoms with Gasteiger partial charge in [0.05, 0.1) is 0 Å². The SMILES string of the molecule is C=CCN(CCC(C)(C)C)C(C)C(C)C. The molecule has 0 heterocycles. The molecule has 1 heteroatoms. The normalized spacial score (nSPS) is 14.7. The van der Waals surface area contributed by atoms with Gasteiger partial charge in [0.15, 0.2) is 0 Å². The number of hydrogen-bond donors (Lipinski definition) is 0. The van der Waals surface area contributed by atoms with Crippen LogP contribution in [-0.4, -0.2) is 24.0 Å². The Kier molecular flexibility index (Phi) is 6.19. The molecule has 0 fully saturated rings. The quantitative estimate of drug-likeness (QED) is 0.601. The van der Waals surface area contributed by atoms with Gasteiger partial charge in [0.1, 0.15) is 0 Å². The Balaban J connectivity index is 4.21. The van der Waals surface area contributed by atoms with Crippen LogP contribution in [0, 0.1) is 11.3 Å². The fourth-order valence-electron chi connectivity index (χ4n) is 1.53. The highest BCUT2D eigenvalue weighted by atomic mass is 15.1. The van der Waals surface area contributed by atoms with Gasteiger partial charge in [-0.2, -0.15) is 0 Å². The number of rotatable bonds is 6. The van der Waals surface area contributed by atoms with Crippen LogP contribution in [0.3, 0.4) is 0 Å². The summed E-state index contributed by atoms with van der Waals surface area (Å²) >= 11 is 0. The molecular weight excluding hydrogens is 182 g/mol. The number of nitrogens with zero attached hydrogens (tertiary/aromatic N) is 1. The van der Waals surface area contributed by atoms with E-state index in [1.807, 2.05) is 6.08 Å². The first-order valence-electron chi connectivity index (χ1n) is 6.13. The summed E-state index contributed by atoms with van der Waals surface area (Å²) in [6.45, 7) is 19.8. The van der Waals surface area contributed by atoms with Crippen molar-refractivity contribution in [1.82, 2.24) is 4.90 Å². The molecule has 0 N–H and O–H groups in total. The first-order valence-corrected chi connectivity index (χ1v) is 6.13. The predicted octanol–water partition coefficient (Wildman–Crippen LogP) is 3.96. The van der Waals surface area contributed by atoms with Crippen molar-refractivity contribution in [2.45, 2.75) is 54.0 Å². The molecule has 0 aliphatic rings. The minimum atomic E-state index is 0.427. The minimum Gasteiger partial charge on any atom is -0.297 e. The van der Waals surface area contributed by atoms with Crippen molar-refractivity contribution in [3.05, 3.63) is 12.7 Å². The average Bonchev–Trinajstić information content (AvgIpc) is 2.09. The standard InChI is InChI=1S/C14H29N/c1-8-10-15(13(4)12(2)3)11-9-14(5,6)7/h8,12-13H,1,9-11H2,2-7H3. The van der Waals surface area contributed by atoms with Crippen molar-refractivity contribution in [3.8, 4) is 0 Å². The van der Waals surface area contributed by atoms with E-state index in [1.165, 1.54) is 13.0 Å². The van der Waals surface area contributed by atoms with E-state index in [0.717, 1.165) is 6.54 Å². The van der Waals surface area contributed by atoms with Crippen molar-refractivity contribution in [3.63, 3.8) is 0 Å². The molecule has 0 aliphatic heterocycles. The van der Waals surface area contributed by atoms with E-state index in [2.05, 4.69) is 53.0 Å². The third-order valence-corrected chi connectivity index (χ3v) is 3.05. The van der Waals surface area contributed by atoms with Gasteiger partial charge in [0.25, 0.3) is 0 Å². The smallest absolute Gasteiger partial charge is 0.0163 e. The Morgan fingerprint density at radius 2 is 1.73 bits per heavy atom. The van der Waals surface area contributed by atoms with E-state index >= 15 is 0 Å².